The molecule has 3 aromatic rings. The zero-order chi connectivity index (χ0) is 22.6. The summed E-state index contributed by atoms with van der Waals surface area (Å²) in [5.74, 6) is 1.27. The van der Waals surface area contributed by atoms with Gasteiger partial charge in [0.15, 0.2) is 0 Å². The number of methoxy groups -OCH3 is 1. The normalized spacial score (nSPS) is 11.6. The van der Waals surface area contributed by atoms with Crippen molar-refractivity contribution in [3.63, 3.8) is 0 Å². The first kappa shape index (κ1) is 22.4. The van der Waals surface area contributed by atoms with Crippen molar-refractivity contribution in [2.75, 3.05) is 30.9 Å². The molecule has 0 spiro atoms. The Hall–Kier alpha value is -3.33. The van der Waals surface area contributed by atoms with Crippen molar-refractivity contribution in [2.24, 2.45) is 0 Å². The SMILES string of the molecule is COCCN(Cc1ncc(C(C)(C)C)o1)c1c(N)n(Cc2ccccc2)c(=O)[nH]c1=O. The Morgan fingerprint density at radius 2 is 1.94 bits per heavy atom. The average Bonchev–Trinajstić information content (AvgIpc) is 3.19. The maximum absolute atomic E-state index is 12.7. The summed E-state index contributed by atoms with van der Waals surface area (Å²) >= 11 is 0. The number of anilines is 2. The van der Waals surface area contributed by atoms with Crippen LogP contribution in [-0.4, -0.2) is 34.8 Å². The van der Waals surface area contributed by atoms with Gasteiger partial charge in [-0.1, -0.05) is 51.1 Å². The Bertz CT molecular complexity index is 1130. The van der Waals surface area contributed by atoms with Crippen molar-refractivity contribution in [3.8, 4) is 0 Å². The molecule has 0 aliphatic heterocycles. The molecule has 166 valence electrons. The molecule has 3 rings (SSSR count). The molecule has 0 amide bonds. The van der Waals surface area contributed by atoms with Gasteiger partial charge >= 0.3 is 5.69 Å². The van der Waals surface area contributed by atoms with E-state index in [1.54, 1.807) is 18.2 Å². The first-order valence-corrected chi connectivity index (χ1v) is 10.1. The topological polar surface area (TPSA) is 119 Å². The average molecular weight is 428 g/mol. The first-order chi connectivity index (χ1) is 14.7. The van der Waals surface area contributed by atoms with Crippen LogP contribution in [0.4, 0.5) is 11.5 Å². The number of hydrogen-bond donors (Lipinski definition) is 2. The molecule has 0 aliphatic carbocycles. The number of nitrogens with two attached hydrogens (primary N) is 1. The maximum Gasteiger partial charge on any atom is 0.330 e. The van der Waals surface area contributed by atoms with E-state index in [2.05, 4.69) is 9.97 Å². The predicted octanol–water partition coefficient (Wildman–Crippen LogP) is 2.11. The molecule has 9 heteroatoms. The minimum Gasteiger partial charge on any atom is -0.443 e. The van der Waals surface area contributed by atoms with Crippen molar-refractivity contribution in [1.82, 2.24) is 14.5 Å². The van der Waals surface area contributed by atoms with E-state index in [4.69, 9.17) is 14.9 Å². The molecule has 1 aromatic carbocycles. The standard InChI is InChI=1S/C22H29N5O4/c1-22(2,3)16-12-24-17(31-16)14-26(10-11-30-4)18-19(23)27(21(29)25-20(18)28)13-15-8-6-5-7-9-15/h5-9,12H,10-11,13-14,23H2,1-4H3,(H,25,28,29). The monoisotopic (exact) mass is 427 g/mol. The summed E-state index contributed by atoms with van der Waals surface area (Å²) < 4.78 is 12.4. The van der Waals surface area contributed by atoms with Crippen LogP contribution in [0, 0.1) is 0 Å². The van der Waals surface area contributed by atoms with Gasteiger partial charge in [0.25, 0.3) is 5.56 Å². The maximum atomic E-state index is 12.7. The lowest BCUT2D eigenvalue weighted by molar-refractivity contribution is 0.204. The van der Waals surface area contributed by atoms with Gasteiger partial charge in [0.05, 0.1) is 25.9 Å². The van der Waals surface area contributed by atoms with Gasteiger partial charge in [-0.3, -0.25) is 14.3 Å². The van der Waals surface area contributed by atoms with E-state index in [0.29, 0.717) is 19.0 Å². The molecule has 9 nitrogen and oxygen atoms in total. The first-order valence-electron chi connectivity index (χ1n) is 10.1. The van der Waals surface area contributed by atoms with E-state index >= 15 is 0 Å². The number of aromatic amines is 1. The summed E-state index contributed by atoms with van der Waals surface area (Å²) in [5, 5.41) is 0. The number of aromatic nitrogens is 3. The molecule has 0 fully saturated rings. The van der Waals surface area contributed by atoms with E-state index in [1.807, 2.05) is 51.1 Å². The van der Waals surface area contributed by atoms with Crippen molar-refractivity contribution in [1.29, 1.82) is 0 Å². The van der Waals surface area contributed by atoms with Gasteiger partial charge in [-0.25, -0.2) is 9.78 Å². The number of hydrogen-bond acceptors (Lipinski definition) is 7. The highest BCUT2D eigenvalue weighted by atomic mass is 16.5. The third-order valence-electron chi connectivity index (χ3n) is 4.90. The van der Waals surface area contributed by atoms with Gasteiger partial charge in [0.2, 0.25) is 5.89 Å². The molecule has 0 aliphatic rings. The van der Waals surface area contributed by atoms with Crippen molar-refractivity contribution in [3.05, 3.63) is 74.6 Å². The third-order valence-corrected chi connectivity index (χ3v) is 4.90. The van der Waals surface area contributed by atoms with Crippen LogP contribution in [0.5, 0.6) is 0 Å². The minimum absolute atomic E-state index is 0.0799. The fourth-order valence-electron chi connectivity index (χ4n) is 3.17. The molecule has 0 unspecified atom stereocenters. The Balaban J connectivity index is 2.00. The third kappa shape index (κ3) is 5.24. The Morgan fingerprint density at radius 3 is 2.55 bits per heavy atom. The van der Waals surface area contributed by atoms with E-state index < -0.39 is 11.2 Å². The van der Waals surface area contributed by atoms with Crippen LogP contribution in [0.1, 0.15) is 38.0 Å². The molecule has 0 saturated heterocycles. The van der Waals surface area contributed by atoms with Crippen LogP contribution in [0.3, 0.4) is 0 Å². The van der Waals surface area contributed by atoms with Crippen LogP contribution in [0.15, 0.2) is 50.5 Å². The summed E-state index contributed by atoms with van der Waals surface area (Å²) in [7, 11) is 1.57. The van der Waals surface area contributed by atoms with Crippen molar-refractivity contribution in [2.45, 2.75) is 39.3 Å². The van der Waals surface area contributed by atoms with E-state index in [-0.39, 0.29) is 30.0 Å². The van der Waals surface area contributed by atoms with E-state index in [1.165, 1.54) is 4.57 Å². The number of rotatable bonds is 8. The number of nitrogen functional groups attached to an aromatic ring is 1. The van der Waals surface area contributed by atoms with Gasteiger partial charge in [-0.05, 0) is 5.56 Å². The fraction of sp³-hybridized carbons (Fsp3) is 0.409. The largest absolute Gasteiger partial charge is 0.443 e. The smallest absolute Gasteiger partial charge is 0.330 e. The highest BCUT2D eigenvalue weighted by molar-refractivity contribution is 5.62. The van der Waals surface area contributed by atoms with Crippen LogP contribution in [-0.2, 0) is 23.2 Å². The van der Waals surface area contributed by atoms with Crippen LogP contribution < -0.4 is 21.9 Å². The summed E-state index contributed by atoms with van der Waals surface area (Å²) in [6, 6.07) is 9.43. The van der Waals surface area contributed by atoms with Crippen molar-refractivity contribution < 1.29 is 9.15 Å². The van der Waals surface area contributed by atoms with Gasteiger partial charge in [-0.2, -0.15) is 0 Å². The molecular weight excluding hydrogens is 398 g/mol. The molecule has 2 aromatic heterocycles. The Kier molecular flexibility index (Phi) is 6.65. The van der Waals surface area contributed by atoms with Gasteiger partial charge in [0.1, 0.15) is 17.3 Å². The molecular formula is C22H29N5O4. The quantitative estimate of drug-likeness (QED) is 0.565. The molecule has 0 atom stereocenters. The summed E-state index contributed by atoms with van der Waals surface area (Å²) in [6.45, 7) is 7.24. The number of benzene rings is 1. The van der Waals surface area contributed by atoms with Crippen LogP contribution in [0.2, 0.25) is 0 Å². The van der Waals surface area contributed by atoms with Gasteiger partial charge in [0, 0.05) is 19.1 Å². The molecule has 0 bridgehead atoms. The molecule has 3 N–H and O–H groups in total. The summed E-state index contributed by atoms with van der Waals surface area (Å²) in [6.07, 6.45) is 1.69. The number of oxazole rings is 1. The Morgan fingerprint density at radius 1 is 1.23 bits per heavy atom. The molecule has 2 heterocycles. The number of nitrogens with one attached hydrogen (secondary N) is 1. The molecule has 31 heavy (non-hydrogen) atoms. The zero-order valence-electron chi connectivity index (χ0n) is 18.3. The second-order valence-corrected chi connectivity index (χ2v) is 8.35. The summed E-state index contributed by atoms with van der Waals surface area (Å²) in [4.78, 5) is 33.7. The van der Waals surface area contributed by atoms with Crippen LogP contribution >= 0.6 is 0 Å². The second-order valence-electron chi connectivity index (χ2n) is 8.35. The molecule has 0 radical (unpaired) electrons. The second kappa shape index (κ2) is 9.22. The highest BCUT2D eigenvalue weighted by Gasteiger charge is 2.23. The van der Waals surface area contributed by atoms with Gasteiger partial charge < -0.3 is 19.8 Å². The van der Waals surface area contributed by atoms with E-state index in [0.717, 1.165) is 11.3 Å². The lowest BCUT2D eigenvalue weighted by Crippen LogP contribution is -2.39. The van der Waals surface area contributed by atoms with E-state index in [9.17, 15) is 9.59 Å². The molecule has 0 saturated carbocycles. The van der Waals surface area contributed by atoms with Gasteiger partial charge in [-0.15, -0.1) is 0 Å². The highest BCUT2D eigenvalue weighted by Crippen LogP contribution is 2.25. The fourth-order valence-corrected chi connectivity index (χ4v) is 3.17. The lowest BCUT2D eigenvalue weighted by atomic mass is 9.94. The number of H-pyrrole nitrogens is 1. The number of nitrogens with zero attached hydrogens (tertiary/aromatic N) is 3. The van der Waals surface area contributed by atoms with Crippen LogP contribution in [0.25, 0.3) is 0 Å². The number of ether oxygens (including phenoxy) is 1. The Labute approximate surface area is 180 Å². The predicted molar refractivity (Wildman–Crippen MR) is 119 cm³/mol. The van der Waals surface area contributed by atoms with Crippen molar-refractivity contribution >= 4 is 11.5 Å². The zero-order valence-corrected chi connectivity index (χ0v) is 18.3. The summed E-state index contributed by atoms with van der Waals surface area (Å²) in [5.41, 5.74) is 6.10. The minimum atomic E-state index is -0.564. The lowest BCUT2D eigenvalue weighted by Gasteiger charge is -2.25.